The highest BCUT2D eigenvalue weighted by Crippen LogP contribution is 2.23. The summed E-state index contributed by atoms with van der Waals surface area (Å²) in [6.45, 7) is 0. The lowest BCUT2D eigenvalue weighted by atomic mass is 10.1. The number of hydrogen-bond acceptors (Lipinski definition) is 3. The largest absolute Gasteiger partial charge is 0.388 e. The summed E-state index contributed by atoms with van der Waals surface area (Å²) < 4.78 is 13.4. The van der Waals surface area contributed by atoms with Gasteiger partial charge in [0, 0.05) is 17.6 Å². The predicted octanol–water partition coefficient (Wildman–Crippen LogP) is 1.92. The fourth-order valence-electron chi connectivity index (χ4n) is 1.28. The zero-order valence-electron chi connectivity index (χ0n) is 9.48. The van der Waals surface area contributed by atoms with E-state index < -0.39 is 17.8 Å². The van der Waals surface area contributed by atoms with Crippen LogP contribution in [0.4, 0.5) is 4.39 Å². The maximum Gasteiger partial charge on any atom is 0.248 e. The number of carbonyl (C=O) groups is 1. The van der Waals surface area contributed by atoms with Gasteiger partial charge in [-0.15, -0.1) is 0 Å². The summed E-state index contributed by atoms with van der Waals surface area (Å²) in [6, 6.07) is 3.89. The maximum absolute atomic E-state index is 13.4. The van der Waals surface area contributed by atoms with Crippen molar-refractivity contribution in [2.45, 2.75) is 12.5 Å². The first-order valence-corrected chi connectivity index (χ1v) is 5.27. The molecule has 0 fully saturated rings. The van der Waals surface area contributed by atoms with E-state index in [4.69, 9.17) is 11.6 Å². The van der Waals surface area contributed by atoms with Crippen LogP contribution in [0.3, 0.4) is 0 Å². The van der Waals surface area contributed by atoms with E-state index in [1.807, 2.05) is 0 Å². The van der Waals surface area contributed by atoms with Crippen LogP contribution in [0.2, 0.25) is 5.02 Å². The molecule has 0 saturated carbocycles. The van der Waals surface area contributed by atoms with Crippen LogP contribution in [0.1, 0.15) is 18.1 Å². The molecule has 4 nitrogen and oxygen atoms in total. The number of hydroxylamine groups is 2. The van der Waals surface area contributed by atoms with Gasteiger partial charge in [-0.05, 0) is 12.1 Å². The summed E-state index contributed by atoms with van der Waals surface area (Å²) in [4.78, 5) is 16.1. The highest BCUT2D eigenvalue weighted by atomic mass is 35.5. The van der Waals surface area contributed by atoms with E-state index in [1.54, 1.807) is 0 Å². The number of carbonyl (C=O) groups excluding carboxylic acids is 1. The van der Waals surface area contributed by atoms with E-state index in [-0.39, 0.29) is 17.0 Å². The normalized spacial score (nSPS) is 12.3. The zero-order chi connectivity index (χ0) is 13.0. The smallest absolute Gasteiger partial charge is 0.248 e. The molecule has 0 aromatic heterocycles. The molecule has 1 rings (SSSR count). The molecule has 1 unspecified atom stereocenters. The molecule has 1 atom stereocenters. The third-order valence-corrected chi connectivity index (χ3v) is 2.55. The van der Waals surface area contributed by atoms with E-state index >= 15 is 0 Å². The Bertz CT molecular complexity index is 414. The van der Waals surface area contributed by atoms with Gasteiger partial charge in [0.2, 0.25) is 5.91 Å². The second-order valence-corrected chi connectivity index (χ2v) is 3.90. The molecular formula is C11H13ClFNO3. The fourth-order valence-corrected chi connectivity index (χ4v) is 1.44. The number of aliphatic hydroxyl groups excluding tert-OH is 1. The molecule has 0 radical (unpaired) electrons. The molecule has 1 aromatic carbocycles. The van der Waals surface area contributed by atoms with Crippen molar-refractivity contribution in [2.24, 2.45) is 0 Å². The number of halogens is 2. The maximum atomic E-state index is 13.4. The predicted molar refractivity (Wildman–Crippen MR) is 60.8 cm³/mol. The minimum Gasteiger partial charge on any atom is -0.388 e. The van der Waals surface area contributed by atoms with Crippen LogP contribution in [0, 0.1) is 5.82 Å². The minimum absolute atomic E-state index is 0.0345. The van der Waals surface area contributed by atoms with Crippen LogP contribution in [-0.2, 0) is 9.63 Å². The molecule has 0 aliphatic carbocycles. The Morgan fingerprint density at radius 2 is 2.29 bits per heavy atom. The number of rotatable bonds is 4. The average molecular weight is 262 g/mol. The molecule has 6 heteroatoms. The lowest BCUT2D eigenvalue weighted by Crippen LogP contribution is -2.27. The molecule has 0 saturated heterocycles. The standard InChI is InChI=1S/C11H13ClFNO3/c1-14(17-2)11(16)6-10(15)8-4-3-7(12)5-9(8)13/h3-5,10,15H,6H2,1-2H3. The molecule has 0 aliphatic heterocycles. The molecule has 1 N–H and O–H groups in total. The number of aliphatic hydroxyl groups is 1. The van der Waals surface area contributed by atoms with E-state index in [9.17, 15) is 14.3 Å². The van der Waals surface area contributed by atoms with E-state index in [2.05, 4.69) is 4.84 Å². The first-order chi connectivity index (χ1) is 7.95. The van der Waals surface area contributed by atoms with Gasteiger partial charge in [0.15, 0.2) is 0 Å². The van der Waals surface area contributed by atoms with Gasteiger partial charge in [0.25, 0.3) is 0 Å². The Labute approximate surface area is 104 Å². The summed E-state index contributed by atoms with van der Waals surface area (Å²) in [7, 11) is 2.74. The van der Waals surface area contributed by atoms with Crippen molar-refractivity contribution in [3.63, 3.8) is 0 Å². The van der Waals surface area contributed by atoms with Gasteiger partial charge in [-0.25, -0.2) is 9.45 Å². The van der Waals surface area contributed by atoms with E-state index in [0.717, 1.165) is 11.1 Å². The summed E-state index contributed by atoms with van der Waals surface area (Å²) >= 11 is 5.58. The van der Waals surface area contributed by atoms with Gasteiger partial charge in [-0.2, -0.15) is 0 Å². The van der Waals surface area contributed by atoms with Crippen LogP contribution < -0.4 is 0 Å². The van der Waals surface area contributed by atoms with Gasteiger partial charge in [0.05, 0.1) is 19.6 Å². The third kappa shape index (κ3) is 3.66. The van der Waals surface area contributed by atoms with E-state index in [1.165, 1.54) is 26.3 Å². The first-order valence-electron chi connectivity index (χ1n) is 4.89. The van der Waals surface area contributed by atoms with Crippen LogP contribution in [0.15, 0.2) is 18.2 Å². The van der Waals surface area contributed by atoms with Gasteiger partial charge in [-0.3, -0.25) is 9.63 Å². The zero-order valence-corrected chi connectivity index (χ0v) is 10.2. The molecule has 17 heavy (non-hydrogen) atoms. The summed E-state index contributed by atoms with van der Waals surface area (Å²) in [5, 5.41) is 10.9. The molecule has 0 aliphatic rings. The second-order valence-electron chi connectivity index (χ2n) is 3.46. The molecular weight excluding hydrogens is 249 g/mol. The molecule has 0 bridgehead atoms. The fraction of sp³-hybridized carbons (Fsp3) is 0.364. The lowest BCUT2D eigenvalue weighted by molar-refractivity contribution is -0.170. The average Bonchev–Trinajstić information content (AvgIpc) is 2.27. The van der Waals surface area contributed by atoms with Crippen LogP contribution in [-0.4, -0.2) is 30.2 Å². The molecule has 1 aromatic rings. The van der Waals surface area contributed by atoms with Crippen molar-refractivity contribution in [1.82, 2.24) is 5.06 Å². The number of hydrogen-bond donors (Lipinski definition) is 1. The summed E-state index contributed by atoms with van der Waals surface area (Å²) in [5.41, 5.74) is 0.0345. The summed E-state index contributed by atoms with van der Waals surface area (Å²) in [5.74, 6) is -1.09. The second kappa shape index (κ2) is 5.95. The lowest BCUT2D eigenvalue weighted by Gasteiger charge is -2.17. The molecule has 0 heterocycles. The van der Waals surface area contributed by atoms with Crippen molar-refractivity contribution in [3.8, 4) is 0 Å². The Hall–Kier alpha value is -1.17. The van der Waals surface area contributed by atoms with Crippen molar-refractivity contribution in [1.29, 1.82) is 0 Å². The number of benzene rings is 1. The first kappa shape index (κ1) is 13.9. The Morgan fingerprint density at radius 3 is 2.82 bits per heavy atom. The monoisotopic (exact) mass is 261 g/mol. The van der Waals surface area contributed by atoms with Gasteiger partial charge in [-0.1, -0.05) is 17.7 Å². The van der Waals surface area contributed by atoms with Gasteiger partial charge < -0.3 is 5.11 Å². The number of amides is 1. The topological polar surface area (TPSA) is 49.8 Å². The molecule has 1 amide bonds. The van der Waals surface area contributed by atoms with Crippen LogP contribution in [0.25, 0.3) is 0 Å². The van der Waals surface area contributed by atoms with Crippen LogP contribution >= 0.6 is 11.6 Å². The van der Waals surface area contributed by atoms with Crippen molar-refractivity contribution < 1.29 is 19.1 Å². The van der Waals surface area contributed by atoms with Crippen molar-refractivity contribution in [2.75, 3.05) is 14.2 Å². The summed E-state index contributed by atoms with van der Waals surface area (Å²) in [6.07, 6.45) is -1.49. The number of nitrogens with zero attached hydrogens (tertiary/aromatic N) is 1. The van der Waals surface area contributed by atoms with Crippen LogP contribution in [0.5, 0.6) is 0 Å². The molecule has 0 spiro atoms. The third-order valence-electron chi connectivity index (χ3n) is 2.31. The Balaban J connectivity index is 2.76. The molecule has 94 valence electrons. The van der Waals surface area contributed by atoms with Crippen molar-refractivity contribution in [3.05, 3.63) is 34.6 Å². The SMILES string of the molecule is CON(C)C(=O)CC(O)c1ccc(Cl)cc1F. The van der Waals surface area contributed by atoms with Crippen molar-refractivity contribution >= 4 is 17.5 Å². The highest BCUT2D eigenvalue weighted by Gasteiger charge is 2.19. The highest BCUT2D eigenvalue weighted by molar-refractivity contribution is 6.30. The van der Waals surface area contributed by atoms with Gasteiger partial charge >= 0.3 is 0 Å². The Morgan fingerprint density at radius 1 is 1.65 bits per heavy atom. The Kier molecular flexibility index (Phi) is 4.86. The minimum atomic E-state index is -1.22. The van der Waals surface area contributed by atoms with E-state index in [0.29, 0.717) is 0 Å². The van der Waals surface area contributed by atoms with Gasteiger partial charge in [0.1, 0.15) is 5.82 Å². The quantitative estimate of drug-likeness (QED) is 0.843.